The van der Waals surface area contributed by atoms with E-state index in [-0.39, 0.29) is 24.3 Å². The summed E-state index contributed by atoms with van der Waals surface area (Å²) in [4.78, 5) is 30.9. The van der Waals surface area contributed by atoms with Crippen LogP contribution in [0.3, 0.4) is 0 Å². The van der Waals surface area contributed by atoms with Crippen LogP contribution in [0.2, 0.25) is 0 Å². The van der Waals surface area contributed by atoms with Gasteiger partial charge in [0.25, 0.3) is 11.8 Å². The minimum Gasteiger partial charge on any atom is -0.352 e. The van der Waals surface area contributed by atoms with Crippen LogP contribution in [-0.4, -0.2) is 27.9 Å². The largest absolute Gasteiger partial charge is 0.352 e. The molecule has 2 aromatic heterocycles. The van der Waals surface area contributed by atoms with Gasteiger partial charge in [0.2, 0.25) is 0 Å². The first-order valence-electron chi connectivity index (χ1n) is 12.7. The molecule has 0 fully saturated rings. The van der Waals surface area contributed by atoms with E-state index in [1.807, 2.05) is 56.5 Å². The maximum Gasteiger partial charge on any atom is 0.254 e. The van der Waals surface area contributed by atoms with Gasteiger partial charge in [0.1, 0.15) is 0 Å². The summed E-state index contributed by atoms with van der Waals surface area (Å²) in [7, 11) is 0. The van der Waals surface area contributed by atoms with Gasteiger partial charge in [-0.1, -0.05) is 45.9 Å². The summed E-state index contributed by atoms with van der Waals surface area (Å²) in [5.74, 6) is -2.13. The summed E-state index contributed by atoms with van der Waals surface area (Å²) in [6.45, 7) is 9.08. The number of hydrogen-bond acceptors (Lipinski definition) is 3. The molecule has 0 radical (unpaired) electrons. The summed E-state index contributed by atoms with van der Waals surface area (Å²) in [5.41, 5.74) is 3.80. The third-order valence-electron chi connectivity index (χ3n) is 6.30. The first-order valence-corrected chi connectivity index (χ1v) is 12.7. The molecule has 8 heteroatoms. The van der Waals surface area contributed by atoms with Gasteiger partial charge in [-0.05, 0) is 53.8 Å². The lowest BCUT2D eigenvalue weighted by Crippen LogP contribution is -2.27. The molecule has 0 saturated heterocycles. The van der Waals surface area contributed by atoms with E-state index < -0.39 is 11.6 Å². The quantitative estimate of drug-likeness (QED) is 0.294. The number of benzene rings is 2. The first-order chi connectivity index (χ1) is 18.2. The van der Waals surface area contributed by atoms with Crippen molar-refractivity contribution in [1.82, 2.24) is 20.2 Å². The van der Waals surface area contributed by atoms with Crippen LogP contribution in [0.15, 0.2) is 60.8 Å². The third-order valence-corrected chi connectivity index (χ3v) is 6.30. The molecule has 2 N–H and O–H groups in total. The number of pyridine rings is 1. The van der Waals surface area contributed by atoms with E-state index in [0.717, 1.165) is 29.0 Å². The van der Waals surface area contributed by atoms with Crippen molar-refractivity contribution in [1.29, 1.82) is 0 Å². The van der Waals surface area contributed by atoms with Crippen molar-refractivity contribution in [3.05, 3.63) is 101 Å². The lowest BCUT2D eigenvalue weighted by molar-refractivity contribution is 0.0942. The van der Waals surface area contributed by atoms with Crippen LogP contribution in [0.25, 0.3) is 10.9 Å². The Balaban J connectivity index is 1.78. The molecule has 198 valence electrons. The SMILES string of the molecule is CC(C)CNC(=O)c1ccc2c(C(=O)NCc3ccc(F)c(F)c3)c(C(C)C)n(Cc3ccccn3)c2c1. The van der Waals surface area contributed by atoms with Gasteiger partial charge in [-0.15, -0.1) is 0 Å². The van der Waals surface area contributed by atoms with E-state index >= 15 is 0 Å². The van der Waals surface area contributed by atoms with Crippen LogP contribution in [0.1, 0.15) is 71.3 Å². The number of aromatic nitrogens is 2. The highest BCUT2D eigenvalue weighted by Crippen LogP contribution is 2.33. The van der Waals surface area contributed by atoms with Gasteiger partial charge in [-0.2, -0.15) is 0 Å². The van der Waals surface area contributed by atoms with E-state index in [1.54, 1.807) is 18.3 Å². The number of halogens is 2. The van der Waals surface area contributed by atoms with Crippen molar-refractivity contribution in [2.24, 2.45) is 5.92 Å². The van der Waals surface area contributed by atoms with E-state index in [2.05, 4.69) is 15.6 Å². The fourth-order valence-electron chi connectivity index (χ4n) is 4.49. The lowest BCUT2D eigenvalue weighted by atomic mass is 10.0. The molecule has 0 aliphatic rings. The van der Waals surface area contributed by atoms with Crippen molar-refractivity contribution in [3.8, 4) is 0 Å². The summed E-state index contributed by atoms with van der Waals surface area (Å²) >= 11 is 0. The Kier molecular flexibility index (Phi) is 8.20. The fraction of sp³-hybridized carbons (Fsp3) is 0.300. The van der Waals surface area contributed by atoms with Gasteiger partial charge < -0.3 is 15.2 Å². The molecule has 0 spiro atoms. The zero-order valence-electron chi connectivity index (χ0n) is 22.0. The van der Waals surface area contributed by atoms with Crippen molar-refractivity contribution >= 4 is 22.7 Å². The standard InChI is InChI=1S/C30H32F2N4O2/c1-18(2)15-34-29(37)21-9-10-23-26(14-21)36(17-22-7-5-6-12-33-22)28(19(3)4)27(23)30(38)35-16-20-8-11-24(31)25(32)13-20/h5-14,18-19H,15-17H2,1-4H3,(H,34,37)(H,35,38). The number of carbonyl (C=O) groups is 2. The summed E-state index contributed by atoms with van der Waals surface area (Å²) < 4.78 is 29.1. The second-order valence-corrected chi connectivity index (χ2v) is 10.1. The molecule has 0 aliphatic heterocycles. The Labute approximate surface area is 221 Å². The molecule has 0 unspecified atom stereocenters. The molecule has 4 rings (SSSR count). The number of nitrogens with one attached hydrogen (secondary N) is 2. The van der Waals surface area contributed by atoms with E-state index in [9.17, 15) is 18.4 Å². The molecular weight excluding hydrogens is 486 g/mol. The molecule has 0 saturated carbocycles. The van der Waals surface area contributed by atoms with E-state index in [1.165, 1.54) is 6.07 Å². The summed E-state index contributed by atoms with van der Waals surface area (Å²) in [6.07, 6.45) is 1.72. The molecule has 0 bridgehead atoms. The van der Waals surface area contributed by atoms with Gasteiger partial charge in [0, 0.05) is 35.9 Å². The van der Waals surface area contributed by atoms with Gasteiger partial charge in [-0.25, -0.2) is 8.78 Å². The van der Waals surface area contributed by atoms with Crippen LogP contribution >= 0.6 is 0 Å². The zero-order valence-corrected chi connectivity index (χ0v) is 22.0. The fourth-order valence-corrected chi connectivity index (χ4v) is 4.49. The van der Waals surface area contributed by atoms with E-state index in [0.29, 0.717) is 41.1 Å². The summed E-state index contributed by atoms with van der Waals surface area (Å²) in [5, 5.41) is 6.51. The number of nitrogens with zero attached hydrogens (tertiary/aromatic N) is 2. The minimum atomic E-state index is -0.963. The van der Waals surface area contributed by atoms with Gasteiger partial charge in [0.15, 0.2) is 11.6 Å². The summed E-state index contributed by atoms with van der Waals surface area (Å²) in [6, 6.07) is 14.6. The Bertz CT molecular complexity index is 1460. The number of carbonyl (C=O) groups excluding carboxylic acids is 2. The monoisotopic (exact) mass is 518 g/mol. The van der Waals surface area contributed by atoms with Gasteiger partial charge >= 0.3 is 0 Å². The Morgan fingerprint density at radius 1 is 0.921 bits per heavy atom. The highest BCUT2D eigenvalue weighted by molar-refractivity contribution is 6.10. The smallest absolute Gasteiger partial charge is 0.254 e. The molecule has 2 heterocycles. The normalized spacial score (nSPS) is 11.4. The van der Waals surface area contributed by atoms with Crippen LogP contribution in [-0.2, 0) is 13.1 Å². The molecule has 2 aromatic carbocycles. The van der Waals surface area contributed by atoms with Gasteiger partial charge in [0.05, 0.1) is 23.3 Å². The van der Waals surface area contributed by atoms with Gasteiger partial charge in [-0.3, -0.25) is 14.6 Å². The number of amides is 2. The average molecular weight is 519 g/mol. The zero-order chi connectivity index (χ0) is 27.4. The Morgan fingerprint density at radius 2 is 1.71 bits per heavy atom. The van der Waals surface area contributed by atoms with Crippen molar-refractivity contribution in [2.75, 3.05) is 6.54 Å². The average Bonchev–Trinajstić information content (AvgIpc) is 3.22. The maximum absolute atomic E-state index is 13.7. The van der Waals surface area contributed by atoms with Crippen molar-refractivity contribution < 1.29 is 18.4 Å². The Morgan fingerprint density at radius 3 is 2.37 bits per heavy atom. The van der Waals surface area contributed by atoms with Crippen LogP contribution in [0, 0.1) is 17.6 Å². The molecule has 0 aliphatic carbocycles. The van der Waals surface area contributed by atoms with Crippen molar-refractivity contribution in [2.45, 2.75) is 46.7 Å². The first kappa shape index (κ1) is 27.0. The number of hydrogen-bond donors (Lipinski definition) is 2. The maximum atomic E-state index is 13.7. The molecule has 0 atom stereocenters. The molecule has 4 aromatic rings. The van der Waals surface area contributed by atoms with Crippen molar-refractivity contribution in [3.63, 3.8) is 0 Å². The molecule has 38 heavy (non-hydrogen) atoms. The molecule has 2 amide bonds. The minimum absolute atomic E-state index is 0.0339. The second kappa shape index (κ2) is 11.5. The lowest BCUT2D eigenvalue weighted by Gasteiger charge is -2.15. The van der Waals surface area contributed by atoms with Crippen LogP contribution < -0.4 is 10.6 Å². The topological polar surface area (TPSA) is 76.0 Å². The predicted octanol–water partition coefficient (Wildman–Crippen LogP) is 5.80. The van der Waals surface area contributed by atoms with Crippen LogP contribution in [0.4, 0.5) is 8.78 Å². The Hall–Kier alpha value is -4.07. The molecule has 6 nitrogen and oxygen atoms in total. The van der Waals surface area contributed by atoms with Crippen LogP contribution in [0.5, 0.6) is 0 Å². The third kappa shape index (κ3) is 5.90. The highest BCUT2D eigenvalue weighted by Gasteiger charge is 2.25. The molecular formula is C30H32F2N4O2. The number of fused-ring (bicyclic) bond motifs is 1. The number of rotatable bonds is 9. The predicted molar refractivity (Wildman–Crippen MR) is 144 cm³/mol. The highest BCUT2D eigenvalue weighted by atomic mass is 19.2. The second-order valence-electron chi connectivity index (χ2n) is 10.1. The van der Waals surface area contributed by atoms with E-state index in [4.69, 9.17) is 0 Å².